The molecule has 0 atom stereocenters. The molecular formula is C10H10FO2. The molecule has 2 nitrogen and oxygen atoms in total. The topological polar surface area (TPSA) is 18.5 Å². The lowest BCUT2D eigenvalue weighted by atomic mass is 10.3. The fourth-order valence-electron chi connectivity index (χ4n) is 0.811. The fraction of sp³-hybridized carbons (Fsp3) is 0.200. The fourth-order valence-corrected chi connectivity index (χ4v) is 0.811. The van der Waals surface area contributed by atoms with E-state index < -0.39 is 5.82 Å². The monoisotopic (exact) mass is 181 g/mol. The summed E-state index contributed by atoms with van der Waals surface area (Å²) in [6.07, 6.45) is 1.54. The van der Waals surface area contributed by atoms with E-state index in [-0.39, 0.29) is 12.4 Å². The Kier molecular flexibility index (Phi) is 3.31. The van der Waals surface area contributed by atoms with Gasteiger partial charge in [0.2, 0.25) is 0 Å². The first kappa shape index (κ1) is 9.58. The third kappa shape index (κ3) is 2.47. The molecule has 3 heteroatoms. The van der Waals surface area contributed by atoms with E-state index in [1.807, 2.05) is 0 Å². The van der Waals surface area contributed by atoms with Gasteiger partial charge < -0.3 is 9.47 Å². The van der Waals surface area contributed by atoms with Crippen molar-refractivity contribution < 1.29 is 13.9 Å². The second kappa shape index (κ2) is 4.50. The Hall–Kier alpha value is -1.51. The minimum Gasteiger partial charge on any atom is -0.497 e. The maximum Gasteiger partial charge on any atom is 0.173 e. The van der Waals surface area contributed by atoms with Gasteiger partial charge in [-0.2, -0.15) is 0 Å². The van der Waals surface area contributed by atoms with Crippen LogP contribution < -0.4 is 9.47 Å². The van der Waals surface area contributed by atoms with Gasteiger partial charge in [0.25, 0.3) is 0 Å². The molecule has 1 radical (unpaired) electrons. The number of hydrogen-bond donors (Lipinski definition) is 0. The van der Waals surface area contributed by atoms with Crippen LogP contribution in [-0.4, -0.2) is 13.7 Å². The van der Waals surface area contributed by atoms with E-state index in [9.17, 15) is 4.39 Å². The average Bonchev–Trinajstić information content (AvgIpc) is 2.17. The van der Waals surface area contributed by atoms with Crippen molar-refractivity contribution in [3.8, 4) is 11.5 Å². The summed E-state index contributed by atoms with van der Waals surface area (Å²) in [7, 11) is 1.50. The zero-order valence-corrected chi connectivity index (χ0v) is 7.34. The van der Waals surface area contributed by atoms with Crippen LogP contribution in [0.4, 0.5) is 4.39 Å². The summed E-state index contributed by atoms with van der Waals surface area (Å²) in [6.45, 7) is 3.72. The van der Waals surface area contributed by atoms with Gasteiger partial charge in [0.05, 0.1) is 7.11 Å². The summed E-state index contributed by atoms with van der Waals surface area (Å²) in [5.41, 5.74) is 0. The molecule has 1 aromatic rings. The third-order valence-electron chi connectivity index (χ3n) is 1.42. The summed E-state index contributed by atoms with van der Waals surface area (Å²) in [5, 5.41) is 0. The van der Waals surface area contributed by atoms with E-state index in [2.05, 4.69) is 12.6 Å². The van der Waals surface area contributed by atoms with E-state index in [1.165, 1.54) is 19.2 Å². The zero-order chi connectivity index (χ0) is 9.68. The van der Waals surface area contributed by atoms with E-state index in [0.29, 0.717) is 5.75 Å². The van der Waals surface area contributed by atoms with Crippen molar-refractivity contribution in [3.63, 3.8) is 0 Å². The molecule has 0 fully saturated rings. The van der Waals surface area contributed by atoms with E-state index in [4.69, 9.17) is 9.47 Å². The Morgan fingerprint density at radius 3 is 3.08 bits per heavy atom. The standard InChI is InChI=1S/C10H10FO2/c1-3-6-13-10-7-8(12-2)4-5-9(10)11/h3-4,7H,1,6H2,2H3. The van der Waals surface area contributed by atoms with E-state index in [0.717, 1.165) is 0 Å². The first-order valence-corrected chi connectivity index (χ1v) is 3.77. The predicted molar refractivity (Wildman–Crippen MR) is 47.5 cm³/mol. The molecule has 0 heterocycles. The van der Waals surface area contributed by atoms with Gasteiger partial charge in [-0.15, -0.1) is 0 Å². The van der Waals surface area contributed by atoms with E-state index in [1.54, 1.807) is 6.08 Å². The summed E-state index contributed by atoms with van der Waals surface area (Å²) in [6, 6.07) is 5.26. The summed E-state index contributed by atoms with van der Waals surface area (Å²) >= 11 is 0. The third-order valence-corrected chi connectivity index (χ3v) is 1.42. The number of ether oxygens (including phenoxy) is 2. The molecule has 1 rings (SSSR count). The van der Waals surface area contributed by atoms with Crippen molar-refractivity contribution in [1.29, 1.82) is 0 Å². The van der Waals surface area contributed by atoms with Gasteiger partial charge in [0, 0.05) is 12.1 Å². The van der Waals surface area contributed by atoms with Crippen molar-refractivity contribution >= 4 is 0 Å². The second-order valence-corrected chi connectivity index (χ2v) is 2.32. The quantitative estimate of drug-likeness (QED) is 0.663. The molecule has 0 bridgehead atoms. The van der Waals surface area contributed by atoms with Gasteiger partial charge >= 0.3 is 0 Å². The predicted octanol–water partition coefficient (Wildman–Crippen LogP) is 2.20. The van der Waals surface area contributed by atoms with Gasteiger partial charge in [-0.3, -0.25) is 0 Å². The van der Waals surface area contributed by atoms with Gasteiger partial charge in [0.15, 0.2) is 11.6 Å². The van der Waals surface area contributed by atoms with Gasteiger partial charge in [-0.1, -0.05) is 12.7 Å². The smallest absolute Gasteiger partial charge is 0.173 e. The van der Waals surface area contributed by atoms with Crippen LogP contribution in [0.1, 0.15) is 0 Å². The molecule has 0 unspecified atom stereocenters. The van der Waals surface area contributed by atoms with Gasteiger partial charge in [-0.05, 0) is 6.07 Å². The molecule has 0 saturated carbocycles. The lowest BCUT2D eigenvalue weighted by Gasteiger charge is -2.05. The zero-order valence-electron chi connectivity index (χ0n) is 7.34. The Morgan fingerprint density at radius 2 is 2.46 bits per heavy atom. The van der Waals surface area contributed by atoms with Crippen LogP contribution in [0.3, 0.4) is 0 Å². The first-order chi connectivity index (χ1) is 6.27. The molecule has 0 amide bonds. The normalized spacial score (nSPS) is 9.38. The molecule has 0 saturated heterocycles. The molecule has 0 spiro atoms. The molecule has 69 valence electrons. The minimum absolute atomic E-state index is 0.124. The van der Waals surface area contributed by atoms with Crippen LogP contribution in [0, 0.1) is 11.9 Å². The lowest BCUT2D eigenvalue weighted by Crippen LogP contribution is -1.96. The van der Waals surface area contributed by atoms with Crippen LogP contribution >= 0.6 is 0 Å². The molecular weight excluding hydrogens is 171 g/mol. The van der Waals surface area contributed by atoms with Crippen molar-refractivity contribution in [2.75, 3.05) is 13.7 Å². The lowest BCUT2D eigenvalue weighted by molar-refractivity contribution is 0.336. The van der Waals surface area contributed by atoms with Crippen LogP contribution in [-0.2, 0) is 0 Å². The van der Waals surface area contributed by atoms with Crippen molar-refractivity contribution in [1.82, 2.24) is 0 Å². The molecule has 1 aromatic carbocycles. The van der Waals surface area contributed by atoms with Crippen LogP contribution in [0.5, 0.6) is 11.5 Å². The van der Waals surface area contributed by atoms with Crippen LogP contribution in [0.15, 0.2) is 24.8 Å². The molecule has 0 aliphatic rings. The number of hydrogen-bond acceptors (Lipinski definition) is 2. The number of methoxy groups -OCH3 is 1. The second-order valence-electron chi connectivity index (χ2n) is 2.32. The Labute approximate surface area is 76.6 Å². The minimum atomic E-state index is -0.525. The first-order valence-electron chi connectivity index (χ1n) is 3.77. The summed E-state index contributed by atoms with van der Waals surface area (Å²) < 4.78 is 22.9. The van der Waals surface area contributed by atoms with Gasteiger partial charge in [0.1, 0.15) is 12.4 Å². The highest BCUT2D eigenvalue weighted by atomic mass is 19.1. The highest BCUT2D eigenvalue weighted by Crippen LogP contribution is 2.22. The maximum absolute atomic E-state index is 13.0. The largest absolute Gasteiger partial charge is 0.497 e. The molecule has 0 aliphatic carbocycles. The van der Waals surface area contributed by atoms with E-state index >= 15 is 0 Å². The van der Waals surface area contributed by atoms with Crippen molar-refractivity contribution in [3.05, 3.63) is 36.7 Å². The van der Waals surface area contributed by atoms with Crippen LogP contribution in [0.25, 0.3) is 0 Å². The molecule has 13 heavy (non-hydrogen) atoms. The van der Waals surface area contributed by atoms with Crippen molar-refractivity contribution in [2.45, 2.75) is 0 Å². The average molecular weight is 181 g/mol. The summed E-state index contributed by atoms with van der Waals surface area (Å²) in [4.78, 5) is 0. The number of rotatable bonds is 4. The number of halogens is 1. The SMILES string of the molecule is C=CCOc1cc(OC)c[c]c1F. The Bertz CT molecular complexity index is 297. The number of benzene rings is 1. The highest BCUT2D eigenvalue weighted by Gasteiger charge is 2.04. The van der Waals surface area contributed by atoms with Gasteiger partial charge in [-0.25, -0.2) is 4.39 Å². The molecule has 0 aromatic heterocycles. The molecule has 0 aliphatic heterocycles. The highest BCUT2D eigenvalue weighted by molar-refractivity contribution is 5.33. The molecule has 0 N–H and O–H groups in total. The maximum atomic E-state index is 13.0. The Morgan fingerprint density at radius 1 is 1.69 bits per heavy atom. The van der Waals surface area contributed by atoms with Crippen molar-refractivity contribution in [2.24, 2.45) is 0 Å². The summed E-state index contributed by atoms with van der Waals surface area (Å²) in [5.74, 6) is 0.113. The Balaban J connectivity index is 2.83. The van der Waals surface area contributed by atoms with Crippen LogP contribution in [0.2, 0.25) is 0 Å².